The third kappa shape index (κ3) is 3.61. The minimum atomic E-state index is -0.412. The summed E-state index contributed by atoms with van der Waals surface area (Å²) in [6, 6.07) is 7.79. The summed E-state index contributed by atoms with van der Waals surface area (Å²) < 4.78 is 2.11. The molecule has 0 N–H and O–H groups in total. The lowest BCUT2D eigenvalue weighted by Gasteiger charge is -2.26. The number of nitrogens with zero attached hydrogens (tertiary/aromatic N) is 2. The van der Waals surface area contributed by atoms with Crippen LogP contribution in [0.2, 0.25) is 0 Å². The zero-order valence-corrected chi connectivity index (χ0v) is 19.0. The zero-order valence-electron chi connectivity index (χ0n) is 14.2. The molecular weight excluding hydrogens is 472 g/mol. The van der Waals surface area contributed by atoms with Crippen molar-refractivity contribution in [2.45, 2.75) is 30.3 Å². The lowest BCUT2D eigenvalue weighted by Crippen LogP contribution is -2.40. The minimum absolute atomic E-state index is 0.0234. The predicted octanol–water partition coefficient (Wildman–Crippen LogP) is 4.03. The minimum Gasteiger partial charge on any atom is -0.297 e. The van der Waals surface area contributed by atoms with Gasteiger partial charge in [-0.2, -0.15) is 0 Å². The SMILES string of the molecule is CCN1C(=O)[C@H](C(c2ccc(Br)cc2)[C@@H]2SC(=S)N(CC)C2=O)SC1=S. The fourth-order valence-electron chi connectivity index (χ4n) is 3.15. The van der Waals surface area contributed by atoms with Crippen molar-refractivity contribution in [1.82, 2.24) is 9.80 Å². The maximum atomic E-state index is 13.0. The van der Waals surface area contributed by atoms with Gasteiger partial charge in [0.25, 0.3) is 0 Å². The molecule has 2 fully saturated rings. The molecule has 2 saturated heterocycles. The Morgan fingerprint density at radius 1 is 0.962 bits per heavy atom. The van der Waals surface area contributed by atoms with E-state index in [1.165, 1.54) is 23.5 Å². The smallest absolute Gasteiger partial charge is 0.242 e. The Labute approximate surface area is 180 Å². The van der Waals surface area contributed by atoms with Crippen LogP contribution in [0.1, 0.15) is 25.3 Å². The van der Waals surface area contributed by atoms with E-state index in [-0.39, 0.29) is 17.7 Å². The van der Waals surface area contributed by atoms with Crippen LogP contribution in [-0.4, -0.2) is 53.8 Å². The highest BCUT2D eigenvalue weighted by atomic mass is 79.9. The summed E-state index contributed by atoms with van der Waals surface area (Å²) >= 11 is 17.0. The van der Waals surface area contributed by atoms with Crippen molar-refractivity contribution < 1.29 is 9.59 Å². The molecule has 2 amide bonds. The Hall–Kier alpha value is -0.480. The van der Waals surface area contributed by atoms with Crippen LogP contribution in [0.3, 0.4) is 0 Å². The van der Waals surface area contributed by atoms with Crippen molar-refractivity contribution in [1.29, 1.82) is 0 Å². The molecule has 0 bridgehead atoms. The van der Waals surface area contributed by atoms with E-state index in [9.17, 15) is 9.59 Å². The molecule has 26 heavy (non-hydrogen) atoms. The lowest BCUT2D eigenvalue weighted by atomic mass is 9.90. The van der Waals surface area contributed by atoms with E-state index in [0.717, 1.165) is 10.0 Å². The second kappa shape index (κ2) is 8.26. The van der Waals surface area contributed by atoms with Gasteiger partial charge < -0.3 is 0 Å². The fraction of sp³-hybridized carbons (Fsp3) is 0.412. The van der Waals surface area contributed by atoms with Gasteiger partial charge in [-0.1, -0.05) is 76.0 Å². The van der Waals surface area contributed by atoms with Crippen LogP contribution in [0.5, 0.6) is 0 Å². The highest BCUT2D eigenvalue weighted by Crippen LogP contribution is 2.46. The molecule has 4 nitrogen and oxygen atoms in total. The summed E-state index contributed by atoms with van der Waals surface area (Å²) in [6.45, 7) is 4.90. The first-order valence-electron chi connectivity index (χ1n) is 8.18. The summed E-state index contributed by atoms with van der Waals surface area (Å²) in [5.74, 6) is -0.337. The molecule has 2 heterocycles. The number of carbonyl (C=O) groups excluding carboxylic acids is 2. The number of rotatable bonds is 5. The summed E-state index contributed by atoms with van der Waals surface area (Å²) in [6.07, 6.45) is 0. The highest BCUT2D eigenvalue weighted by Gasteiger charge is 2.50. The largest absolute Gasteiger partial charge is 0.297 e. The standard InChI is InChI=1S/C17H17BrN2O2S4/c1-3-19-14(21)12(25-16(19)23)11(9-5-7-10(18)8-6-9)13-15(22)20(4-2)17(24)26-13/h5-8,11-13H,3-4H2,1-2H3/t12-,13-/m0/s1. The molecule has 0 aliphatic carbocycles. The van der Waals surface area contributed by atoms with Gasteiger partial charge in [0.2, 0.25) is 11.8 Å². The number of carbonyl (C=O) groups is 2. The van der Waals surface area contributed by atoms with Crippen LogP contribution in [-0.2, 0) is 9.59 Å². The summed E-state index contributed by atoms with van der Waals surface area (Å²) in [5, 5.41) is -0.825. The van der Waals surface area contributed by atoms with Crippen LogP contribution in [0, 0.1) is 0 Å². The van der Waals surface area contributed by atoms with Gasteiger partial charge in [-0.3, -0.25) is 19.4 Å². The van der Waals surface area contributed by atoms with Crippen molar-refractivity contribution in [3.8, 4) is 0 Å². The Morgan fingerprint density at radius 3 is 1.73 bits per heavy atom. The van der Waals surface area contributed by atoms with Gasteiger partial charge >= 0.3 is 0 Å². The molecule has 2 aliphatic heterocycles. The van der Waals surface area contributed by atoms with Gasteiger partial charge in [0.1, 0.15) is 8.64 Å². The van der Waals surface area contributed by atoms with E-state index in [1.807, 2.05) is 38.1 Å². The molecule has 2 atom stereocenters. The monoisotopic (exact) mass is 488 g/mol. The molecule has 1 aromatic carbocycles. The van der Waals surface area contributed by atoms with E-state index in [0.29, 0.717) is 21.7 Å². The first-order valence-corrected chi connectivity index (χ1v) is 11.5. The van der Waals surface area contributed by atoms with Crippen molar-refractivity contribution in [2.75, 3.05) is 13.1 Å². The number of benzene rings is 1. The predicted molar refractivity (Wildman–Crippen MR) is 120 cm³/mol. The Bertz CT molecular complexity index is 729. The van der Waals surface area contributed by atoms with Gasteiger partial charge in [0.05, 0.1) is 10.5 Å². The molecule has 3 rings (SSSR count). The molecule has 138 valence electrons. The quantitative estimate of drug-likeness (QED) is 0.582. The molecule has 0 spiro atoms. The Morgan fingerprint density at radius 2 is 1.38 bits per heavy atom. The van der Waals surface area contributed by atoms with Crippen molar-refractivity contribution in [2.24, 2.45) is 0 Å². The highest BCUT2D eigenvalue weighted by molar-refractivity contribution is 9.10. The second-order valence-corrected chi connectivity index (χ2v) is 10.3. The maximum Gasteiger partial charge on any atom is 0.242 e. The summed E-state index contributed by atoms with van der Waals surface area (Å²) in [5.41, 5.74) is 0.950. The third-order valence-electron chi connectivity index (χ3n) is 4.45. The van der Waals surface area contributed by atoms with E-state index < -0.39 is 10.5 Å². The maximum absolute atomic E-state index is 13.0. The summed E-state index contributed by atoms with van der Waals surface area (Å²) in [7, 11) is 0. The third-order valence-corrected chi connectivity index (χ3v) is 8.34. The normalized spacial score (nSPS) is 23.7. The van der Waals surface area contributed by atoms with Crippen LogP contribution in [0.4, 0.5) is 0 Å². The van der Waals surface area contributed by atoms with Gasteiger partial charge in [-0.05, 0) is 31.5 Å². The average molecular weight is 490 g/mol. The number of halogens is 1. The second-order valence-electron chi connectivity index (χ2n) is 5.85. The molecule has 0 aromatic heterocycles. The van der Waals surface area contributed by atoms with E-state index in [4.69, 9.17) is 24.4 Å². The number of thioether (sulfide) groups is 2. The number of amides is 2. The van der Waals surface area contributed by atoms with E-state index >= 15 is 0 Å². The average Bonchev–Trinajstić information content (AvgIpc) is 3.05. The molecular formula is C17H17BrN2O2S4. The van der Waals surface area contributed by atoms with Gasteiger partial charge in [-0.15, -0.1) is 0 Å². The Balaban J connectivity index is 2.02. The molecule has 0 radical (unpaired) electrons. The molecule has 0 unspecified atom stereocenters. The number of hydrogen-bond acceptors (Lipinski definition) is 6. The van der Waals surface area contributed by atoms with Crippen LogP contribution >= 0.6 is 63.9 Å². The molecule has 1 aromatic rings. The number of hydrogen-bond donors (Lipinski definition) is 0. The topological polar surface area (TPSA) is 40.6 Å². The molecule has 9 heteroatoms. The van der Waals surface area contributed by atoms with Gasteiger partial charge in [-0.25, -0.2) is 0 Å². The first-order chi connectivity index (χ1) is 12.4. The van der Waals surface area contributed by atoms with Crippen molar-refractivity contribution >= 4 is 84.3 Å². The van der Waals surface area contributed by atoms with Gasteiger partial charge in [0.15, 0.2) is 0 Å². The summed E-state index contributed by atoms with van der Waals surface area (Å²) in [4.78, 5) is 29.2. The molecule has 0 saturated carbocycles. The van der Waals surface area contributed by atoms with E-state index in [1.54, 1.807) is 9.80 Å². The van der Waals surface area contributed by atoms with Crippen LogP contribution in [0.25, 0.3) is 0 Å². The molecule has 2 aliphatic rings. The fourth-order valence-corrected chi connectivity index (χ4v) is 7.08. The zero-order chi connectivity index (χ0) is 19.0. The van der Waals surface area contributed by atoms with Crippen LogP contribution in [0.15, 0.2) is 28.7 Å². The Kier molecular flexibility index (Phi) is 6.44. The van der Waals surface area contributed by atoms with E-state index in [2.05, 4.69) is 15.9 Å². The van der Waals surface area contributed by atoms with Crippen molar-refractivity contribution in [3.63, 3.8) is 0 Å². The van der Waals surface area contributed by atoms with Crippen molar-refractivity contribution in [3.05, 3.63) is 34.3 Å². The number of thiocarbonyl (C=S) groups is 2. The first kappa shape index (κ1) is 20.3. The lowest BCUT2D eigenvalue weighted by molar-refractivity contribution is -0.127. The van der Waals surface area contributed by atoms with Crippen LogP contribution < -0.4 is 0 Å². The van der Waals surface area contributed by atoms with Gasteiger partial charge in [0, 0.05) is 23.5 Å².